The summed E-state index contributed by atoms with van der Waals surface area (Å²) < 4.78 is 19.6. The van der Waals surface area contributed by atoms with Gasteiger partial charge in [0.05, 0.1) is 6.04 Å². The zero-order chi connectivity index (χ0) is 26.5. The fourth-order valence-corrected chi connectivity index (χ4v) is 5.57. The zero-order valence-corrected chi connectivity index (χ0v) is 22.8. The molecule has 0 bridgehead atoms. The summed E-state index contributed by atoms with van der Waals surface area (Å²) in [7, 11) is 0. The molecule has 4 rings (SSSR count). The lowest BCUT2D eigenvalue weighted by atomic mass is 10.00. The second-order valence-electron chi connectivity index (χ2n) is 9.88. The van der Waals surface area contributed by atoms with Crippen LogP contribution in [0.2, 0.25) is 0 Å². The highest BCUT2D eigenvalue weighted by Crippen LogP contribution is 2.34. The van der Waals surface area contributed by atoms with Crippen molar-refractivity contribution in [1.82, 2.24) is 9.80 Å². The molecule has 7 heteroatoms. The lowest BCUT2D eigenvalue weighted by molar-refractivity contribution is -0.136. The minimum atomic E-state index is -0.399. The number of hydrogen-bond donors (Lipinski definition) is 0. The van der Waals surface area contributed by atoms with E-state index in [0.29, 0.717) is 31.1 Å². The maximum Gasteiger partial charge on any atom is 0.254 e. The third-order valence-electron chi connectivity index (χ3n) is 7.15. The van der Waals surface area contributed by atoms with Crippen molar-refractivity contribution in [3.63, 3.8) is 0 Å². The van der Waals surface area contributed by atoms with Gasteiger partial charge in [0, 0.05) is 23.0 Å². The molecule has 2 atom stereocenters. The van der Waals surface area contributed by atoms with Crippen molar-refractivity contribution in [2.24, 2.45) is 0 Å². The largest absolute Gasteiger partial charge is 0.491 e. The number of rotatable bonds is 9. The van der Waals surface area contributed by atoms with Gasteiger partial charge in [-0.05, 0) is 84.7 Å². The zero-order valence-electron chi connectivity index (χ0n) is 21.9. The van der Waals surface area contributed by atoms with Crippen LogP contribution in [0.3, 0.4) is 0 Å². The first-order chi connectivity index (χ1) is 17.8. The van der Waals surface area contributed by atoms with Crippen molar-refractivity contribution >= 4 is 23.2 Å². The molecule has 0 radical (unpaired) electrons. The van der Waals surface area contributed by atoms with Crippen molar-refractivity contribution in [3.05, 3.63) is 87.4 Å². The molecule has 0 aliphatic carbocycles. The Hall–Kier alpha value is -3.19. The number of fused-ring (bicyclic) bond motifs is 1. The number of carbonyl (C=O) groups excluding carboxylic acids is 2. The molecule has 1 aromatic heterocycles. The molecule has 3 aromatic rings. The molecule has 0 fully saturated rings. The number of carbonyl (C=O) groups is 2. The van der Waals surface area contributed by atoms with Crippen molar-refractivity contribution in [2.75, 3.05) is 19.7 Å². The Morgan fingerprint density at radius 3 is 2.43 bits per heavy atom. The number of benzene rings is 2. The summed E-state index contributed by atoms with van der Waals surface area (Å²) >= 11 is 1.71. The highest BCUT2D eigenvalue weighted by Gasteiger charge is 2.34. The molecule has 196 valence electrons. The first kappa shape index (κ1) is 26.9. The quantitative estimate of drug-likeness (QED) is 0.324. The topological polar surface area (TPSA) is 49.9 Å². The van der Waals surface area contributed by atoms with Crippen LogP contribution in [0, 0.1) is 5.82 Å². The van der Waals surface area contributed by atoms with Gasteiger partial charge in [0.1, 0.15) is 24.7 Å². The molecule has 1 aliphatic heterocycles. The average molecular weight is 523 g/mol. The highest BCUT2D eigenvalue weighted by atomic mass is 32.1. The second-order valence-corrected chi connectivity index (χ2v) is 10.9. The molecule has 0 saturated heterocycles. The Bertz CT molecular complexity index is 1210. The van der Waals surface area contributed by atoms with Crippen LogP contribution in [-0.4, -0.2) is 47.4 Å². The summed E-state index contributed by atoms with van der Waals surface area (Å²) in [4.78, 5) is 31.7. The monoisotopic (exact) mass is 522 g/mol. The molecular formula is C30H35FN2O3S. The summed E-state index contributed by atoms with van der Waals surface area (Å²) in [6.45, 7) is 9.11. The molecule has 5 nitrogen and oxygen atoms in total. The molecule has 37 heavy (non-hydrogen) atoms. The third kappa shape index (κ3) is 6.21. The van der Waals surface area contributed by atoms with Gasteiger partial charge in [0.2, 0.25) is 5.91 Å². The number of halogens is 1. The summed E-state index contributed by atoms with van der Waals surface area (Å²) in [5.41, 5.74) is 2.74. The summed E-state index contributed by atoms with van der Waals surface area (Å²) in [6, 6.07) is 15.3. The minimum absolute atomic E-state index is 0.0374. The van der Waals surface area contributed by atoms with Crippen LogP contribution in [0.4, 0.5) is 4.39 Å². The fourth-order valence-electron chi connectivity index (χ4n) is 4.64. The number of ether oxygens (including phenoxy) is 1. The van der Waals surface area contributed by atoms with Crippen molar-refractivity contribution in [1.29, 1.82) is 0 Å². The minimum Gasteiger partial charge on any atom is -0.491 e. The molecule has 1 aliphatic rings. The van der Waals surface area contributed by atoms with Gasteiger partial charge in [-0.2, -0.15) is 0 Å². The predicted molar refractivity (Wildman–Crippen MR) is 146 cm³/mol. The first-order valence-corrected chi connectivity index (χ1v) is 13.8. The van der Waals surface area contributed by atoms with E-state index in [0.717, 1.165) is 17.7 Å². The Balaban J connectivity index is 1.52. The number of amides is 2. The van der Waals surface area contributed by atoms with Crippen molar-refractivity contribution in [2.45, 2.75) is 58.5 Å². The molecule has 0 N–H and O–H groups in total. The van der Waals surface area contributed by atoms with Gasteiger partial charge >= 0.3 is 0 Å². The van der Waals surface area contributed by atoms with E-state index < -0.39 is 5.82 Å². The number of thiophene rings is 1. The van der Waals surface area contributed by atoms with Crippen LogP contribution in [0.5, 0.6) is 5.75 Å². The maximum atomic E-state index is 13.7. The number of hydrogen-bond acceptors (Lipinski definition) is 4. The van der Waals surface area contributed by atoms with E-state index in [-0.39, 0.29) is 30.4 Å². The van der Waals surface area contributed by atoms with E-state index in [1.807, 2.05) is 30.9 Å². The summed E-state index contributed by atoms with van der Waals surface area (Å²) in [6.07, 6.45) is 1.49. The van der Waals surface area contributed by atoms with Gasteiger partial charge in [-0.3, -0.25) is 9.59 Å². The molecule has 0 saturated carbocycles. The summed E-state index contributed by atoms with van der Waals surface area (Å²) in [5, 5.41) is 2.06. The van der Waals surface area contributed by atoms with Gasteiger partial charge < -0.3 is 14.5 Å². The SMILES string of the molecule is CC[C@H](C)N(CC(=O)N1CCc2sccc2[C@H]1COc1ccc(C(C)C)cc1)C(=O)c1ccc(F)cc1. The maximum absolute atomic E-state index is 13.7. The van der Waals surface area contributed by atoms with Crippen LogP contribution < -0.4 is 4.74 Å². The number of nitrogens with zero attached hydrogens (tertiary/aromatic N) is 2. The Labute approximate surface area is 222 Å². The Morgan fingerprint density at radius 2 is 1.78 bits per heavy atom. The van der Waals surface area contributed by atoms with Crippen LogP contribution in [0.15, 0.2) is 60.0 Å². The van der Waals surface area contributed by atoms with Crippen LogP contribution in [-0.2, 0) is 11.2 Å². The van der Waals surface area contributed by atoms with Crippen molar-refractivity contribution < 1.29 is 18.7 Å². The standard InChI is InChI=1S/C30H35FN2O3S/c1-5-21(4)33(30(35)23-6-10-24(31)11-7-23)18-29(34)32-16-14-28-26(15-17-37-28)27(32)19-36-25-12-8-22(9-13-25)20(2)3/h6-13,15,17,20-21,27H,5,14,16,18-19H2,1-4H3/t21-,27+/m0/s1. The molecule has 0 unspecified atom stereocenters. The highest BCUT2D eigenvalue weighted by molar-refractivity contribution is 7.10. The van der Waals surface area contributed by atoms with Gasteiger partial charge in [-0.25, -0.2) is 4.39 Å². The van der Waals surface area contributed by atoms with E-state index in [4.69, 9.17) is 4.74 Å². The van der Waals surface area contributed by atoms with Crippen LogP contribution >= 0.6 is 11.3 Å². The Morgan fingerprint density at radius 1 is 1.08 bits per heavy atom. The van der Waals surface area contributed by atoms with Crippen molar-refractivity contribution in [3.8, 4) is 5.75 Å². The van der Waals surface area contributed by atoms with E-state index in [9.17, 15) is 14.0 Å². The lowest BCUT2D eigenvalue weighted by Gasteiger charge is -2.38. The average Bonchev–Trinajstić information content (AvgIpc) is 3.39. The molecule has 2 amide bonds. The molecule has 0 spiro atoms. The summed E-state index contributed by atoms with van der Waals surface area (Å²) in [5.74, 6) is 0.432. The van der Waals surface area contributed by atoms with E-state index in [1.165, 1.54) is 34.7 Å². The van der Waals surface area contributed by atoms with Gasteiger partial charge in [0.25, 0.3) is 5.91 Å². The molecule has 2 heterocycles. The smallest absolute Gasteiger partial charge is 0.254 e. The van der Waals surface area contributed by atoms with Crippen LogP contribution in [0.1, 0.15) is 72.4 Å². The van der Waals surface area contributed by atoms with E-state index in [1.54, 1.807) is 16.2 Å². The first-order valence-electron chi connectivity index (χ1n) is 12.9. The second kappa shape index (κ2) is 11.9. The van der Waals surface area contributed by atoms with E-state index in [2.05, 4.69) is 37.4 Å². The third-order valence-corrected chi connectivity index (χ3v) is 8.15. The fraction of sp³-hybridized carbons (Fsp3) is 0.400. The van der Waals surface area contributed by atoms with Gasteiger partial charge in [0.15, 0.2) is 0 Å². The normalized spacial score (nSPS) is 15.8. The van der Waals surface area contributed by atoms with Crippen LogP contribution in [0.25, 0.3) is 0 Å². The molecule has 2 aromatic carbocycles. The van der Waals surface area contributed by atoms with E-state index >= 15 is 0 Å². The van der Waals surface area contributed by atoms with Gasteiger partial charge in [-0.1, -0.05) is 32.9 Å². The molecular weight excluding hydrogens is 487 g/mol. The lowest BCUT2D eigenvalue weighted by Crippen LogP contribution is -2.49. The predicted octanol–water partition coefficient (Wildman–Crippen LogP) is 6.46. The van der Waals surface area contributed by atoms with Gasteiger partial charge in [-0.15, -0.1) is 11.3 Å². The Kier molecular flexibility index (Phi) is 8.64.